The Morgan fingerprint density at radius 3 is 0.750 bits per heavy atom. The van der Waals surface area contributed by atoms with Gasteiger partial charge in [0.25, 0.3) is 0 Å². The van der Waals surface area contributed by atoms with Gasteiger partial charge < -0.3 is 11.0 Å². The first kappa shape index (κ1) is 39.1. The van der Waals surface area contributed by atoms with Crippen molar-refractivity contribution >= 4 is 64.9 Å². The zero-order valence-electron chi connectivity index (χ0n) is 1.50. The average molecular weight is 110 g/mol. The van der Waals surface area contributed by atoms with E-state index in [1.807, 2.05) is 0 Å². The summed E-state index contributed by atoms with van der Waals surface area (Å²) in [4.78, 5) is 0. The zero-order valence-corrected chi connectivity index (χ0v) is 2.50. The van der Waals surface area contributed by atoms with Gasteiger partial charge in [0.2, 0.25) is 0 Å². The molecule has 0 aromatic rings. The molecule has 0 saturated carbocycles. The van der Waals surface area contributed by atoms with Gasteiger partial charge in [-0.15, -0.1) is 0 Å². The van der Waals surface area contributed by atoms with Crippen molar-refractivity contribution in [3.05, 3.63) is 0 Å². The molecule has 26 valence electrons. The van der Waals surface area contributed by atoms with Crippen LogP contribution in [0, 0.1) is 0 Å². The molecule has 0 amide bonds. The molecule has 0 aliphatic carbocycles. The molecule has 0 bridgehead atoms. The average Bonchev–Trinajstić information content (AvgIpc) is 0. The first-order chi connectivity index (χ1) is 0. The summed E-state index contributed by atoms with van der Waals surface area (Å²) in [5.41, 5.74) is 0. The Labute approximate surface area is 74.4 Å². The first-order valence-electron chi connectivity index (χ1n) is 0. The Morgan fingerprint density at radius 2 is 0.750 bits per heavy atom. The summed E-state index contributed by atoms with van der Waals surface area (Å²) in [5.74, 6) is 0. The molecular weight excluding hydrogens is 103 g/mol. The van der Waals surface area contributed by atoms with E-state index in [9.17, 15) is 0 Å². The van der Waals surface area contributed by atoms with E-state index >= 15 is 0 Å². The minimum atomic E-state index is 0. The van der Waals surface area contributed by atoms with Gasteiger partial charge in [0.1, 0.15) is 0 Å². The van der Waals surface area contributed by atoms with E-state index in [1.54, 1.807) is 0 Å². The Morgan fingerprint density at radius 1 is 0.750 bits per heavy atom. The number of hydrogen-bond acceptors (Lipinski definition) is 0. The third kappa shape index (κ3) is 9.08. The predicted octanol–water partition coefficient (Wildman–Crippen LogP) is -2.19. The van der Waals surface area contributed by atoms with Crippen LogP contribution >= 0.6 is 13.5 Å². The molecule has 0 fully saturated rings. The molecule has 0 atom stereocenters. The number of hydrogen-bond donors (Lipinski definition) is 0. The molecular formula is H7KO2S. The Balaban J connectivity index is 0. The molecule has 0 radical (unpaired) electrons. The number of rotatable bonds is 0. The van der Waals surface area contributed by atoms with Crippen LogP contribution in [0.5, 0.6) is 0 Å². The van der Waals surface area contributed by atoms with E-state index in [2.05, 4.69) is 0 Å². The van der Waals surface area contributed by atoms with E-state index in [1.165, 1.54) is 0 Å². The molecule has 4 heavy (non-hydrogen) atoms. The minimum absolute atomic E-state index is 0. The summed E-state index contributed by atoms with van der Waals surface area (Å²) in [5, 5.41) is 0. The quantitative estimate of drug-likeness (QED) is 0.318. The van der Waals surface area contributed by atoms with Crippen LogP contribution in [0.25, 0.3) is 0 Å². The second-order valence-corrected chi connectivity index (χ2v) is 0. The Bertz CT molecular complexity index is 6.00. The summed E-state index contributed by atoms with van der Waals surface area (Å²) in [6, 6.07) is 0. The van der Waals surface area contributed by atoms with Crippen molar-refractivity contribution in [2.24, 2.45) is 0 Å². The molecule has 0 aliphatic heterocycles. The van der Waals surface area contributed by atoms with Crippen LogP contribution in [0.3, 0.4) is 0 Å². The van der Waals surface area contributed by atoms with Crippen LogP contribution < -0.4 is 0 Å². The zero-order chi connectivity index (χ0) is 0. The van der Waals surface area contributed by atoms with Crippen molar-refractivity contribution in [1.82, 2.24) is 0 Å². The summed E-state index contributed by atoms with van der Waals surface area (Å²) in [6.07, 6.45) is 0. The molecule has 0 aromatic heterocycles. The standard InChI is InChI=1S/K.2H2O.H2S.H/h;3*1H2;. The van der Waals surface area contributed by atoms with Gasteiger partial charge in [-0.1, -0.05) is 0 Å². The van der Waals surface area contributed by atoms with Gasteiger partial charge in [-0.25, -0.2) is 0 Å². The SMILES string of the molecule is O.O.S.[KH]. The van der Waals surface area contributed by atoms with E-state index in [4.69, 9.17) is 0 Å². The normalized spacial score (nSPS) is 0. The second kappa shape index (κ2) is 20.6. The van der Waals surface area contributed by atoms with Gasteiger partial charge in [0.05, 0.1) is 0 Å². The van der Waals surface area contributed by atoms with Gasteiger partial charge in [-0.3, -0.25) is 0 Å². The maximum absolute atomic E-state index is 0. The van der Waals surface area contributed by atoms with Crippen LogP contribution in [-0.4, -0.2) is 62.3 Å². The molecule has 4 heteroatoms. The molecule has 0 saturated heterocycles. The van der Waals surface area contributed by atoms with Crippen LogP contribution in [-0.2, 0) is 0 Å². The fourth-order valence-electron chi connectivity index (χ4n) is 0. The van der Waals surface area contributed by atoms with E-state index in [0.717, 1.165) is 0 Å². The van der Waals surface area contributed by atoms with Crippen molar-refractivity contribution < 1.29 is 11.0 Å². The van der Waals surface area contributed by atoms with Crippen molar-refractivity contribution in [1.29, 1.82) is 0 Å². The second-order valence-electron chi connectivity index (χ2n) is 0. The third-order valence-electron chi connectivity index (χ3n) is 0. The Kier molecular flexibility index (Phi) is 201. The van der Waals surface area contributed by atoms with Gasteiger partial charge in [0.15, 0.2) is 0 Å². The van der Waals surface area contributed by atoms with Crippen molar-refractivity contribution in [2.75, 3.05) is 0 Å². The topological polar surface area (TPSA) is 63.0 Å². The van der Waals surface area contributed by atoms with Gasteiger partial charge in [-0.05, 0) is 0 Å². The summed E-state index contributed by atoms with van der Waals surface area (Å²) < 4.78 is 0. The van der Waals surface area contributed by atoms with Gasteiger partial charge in [-0.2, -0.15) is 13.5 Å². The molecule has 0 aromatic carbocycles. The fraction of sp³-hybridized carbons (Fsp3) is 0. The molecule has 0 rings (SSSR count). The monoisotopic (exact) mass is 110 g/mol. The summed E-state index contributed by atoms with van der Waals surface area (Å²) >= 11 is 0. The summed E-state index contributed by atoms with van der Waals surface area (Å²) in [6.45, 7) is 0. The van der Waals surface area contributed by atoms with Crippen LogP contribution in [0.4, 0.5) is 0 Å². The van der Waals surface area contributed by atoms with Gasteiger partial charge >= 0.3 is 51.4 Å². The first-order valence-corrected chi connectivity index (χ1v) is 0. The maximum atomic E-state index is 0. The van der Waals surface area contributed by atoms with Crippen LogP contribution in [0.2, 0.25) is 0 Å². The molecule has 0 spiro atoms. The van der Waals surface area contributed by atoms with E-state index in [0.29, 0.717) is 0 Å². The Hall–Kier alpha value is 1.91. The molecule has 0 unspecified atom stereocenters. The van der Waals surface area contributed by atoms with Gasteiger partial charge in [0, 0.05) is 0 Å². The molecule has 0 aliphatic rings. The van der Waals surface area contributed by atoms with E-state index < -0.39 is 0 Å². The fourth-order valence-corrected chi connectivity index (χ4v) is 0. The van der Waals surface area contributed by atoms with Crippen LogP contribution in [0.15, 0.2) is 0 Å². The molecule has 2 nitrogen and oxygen atoms in total. The van der Waals surface area contributed by atoms with Crippen molar-refractivity contribution in [3.8, 4) is 0 Å². The van der Waals surface area contributed by atoms with Crippen LogP contribution in [0.1, 0.15) is 0 Å². The summed E-state index contributed by atoms with van der Waals surface area (Å²) in [7, 11) is 0. The van der Waals surface area contributed by atoms with Crippen molar-refractivity contribution in [2.45, 2.75) is 0 Å². The predicted molar refractivity (Wildman–Crippen MR) is 24.8 cm³/mol. The third-order valence-corrected chi connectivity index (χ3v) is 0. The van der Waals surface area contributed by atoms with E-state index in [-0.39, 0.29) is 75.8 Å². The molecule has 4 N–H and O–H groups in total. The molecule has 0 heterocycles. The van der Waals surface area contributed by atoms with Crippen molar-refractivity contribution in [3.63, 3.8) is 0 Å².